The molecule has 0 saturated heterocycles. The molecular weight excluding hydrogens is 192 g/mol. The van der Waals surface area contributed by atoms with Crippen LogP contribution in [0.15, 0.2) is 24.3 Å². The third kappa shape index (κ3) is 2.27. The van der Waals surface area contributed by atoms with Gasteiger partial charge < -0.3 is 15.8 Å². The lowest BCUT2D eigenvalue weighted by Crippen LogP contribution is -2.26. The van der Waals surface area contributed by atoms with E-state index in [1.807, 2.05) is 24.3 Å². The van der Waals surface area contributed by atoms with E-state index in [-0.39, 0.29) is 11.9 Å². The number of carbonyl (C=O) groups excluding carboxylic acids is 1. The summed E-state index contributed by atoms with van der Waals surface area (Å²) in [6, 6.07) is 8.09. The molecule has 2 rings (SSSR count). The highest BCUT2D eigenvalue weighted by atomic mass is 16.5. The van der Waals surface area contributed by atoms with Crippen molar-refractivity contribution in [3.8, 4) is 5.75 Å². The maximum atomic E-state index is 10.6. The minimum Gasteiger partial charge on any atom is -0.491 e. The lowest BCUT2D eigenvalue weighted by atomic mass is 10.1. The van der Waals surface area contributed by atoms with Gasteiger partial charge in [0.2, 0.25) is 5.91 Å². The fourth-order valence-electron chi connectivity index (χ4n) is 1.70. The number of nitrogens with two attached hydrogens (primary N) is 1. The fourth-order valence-corrected chi connectivity index (χ4v) is 1.70. The summed E-state index contributed by atoms with van der Waals surface area (Å²) in [5.41, 5.74) is 6.22. The van der Waals surface area contributed by atoms with Gasteiger partial charge >= 0.3 is 0 Å². The van der Waals surface area contributed by atoms with Crippen LogP contribution in [0.5, 0.6) is 5.75 Å². The predicted molar refractivity (Wildman–Crippen MR) is 56.5 cm³/mol. The summed E-state index contributed by atoms with van der Waals surface area (Å²) < 4.78 is 5.49. The van der Waals surface area contributed by atoms with Crippen molar-refractivity contribution in [2.75, 3.05) is 13.2 Å². The molecule has 0 radical (unpaired) electrons. The Morgan fingerprint density at radius 2 is 2.33 bits per heavy atom. The van der Waals surface area contributed by atoms with Crippen LogP contribution in [0.25, 0.3) is 0 Å². The van der Waals surface area contributed by atoms with Crippen LogP contribution in [0.2, 0.25) is 0 Å². The second-order valence-electron chi connectivity index (χ2n) is 3.57. The number of rotatable bonds is 4. The Morgan fingerprint density at radius 1 is 1.53 bits per heavy atom. The number of benzene rings is 1. The van der Waals surface area contributed by atoms with E-state index >= 15 is 0 Å². The van der Waals surface area contributed by atoms with Gasteiger partial charge in [0.05, 0.1) is 6.04 Å². The monoisotopic (exact) mass is 206 g/mol. The number of hydrogen-bond donors (Lipinski definition) is 2. The van der Waals surface area contributed by atoms with E-state index in [9.17, 15) is 4.79 Å². The maximum Gasteiger partial charge on any atom is 0.218 e. The first kappa shape index (κ1) is 9.98. The highest BCUT2D eigenvalue weighted by Gasteiger charge is 2.22. The Bertz CT molecular complexity index is 365. The molecule has 0 aliphatic carbocycles. The number of primary amides is 1. The van der Waals surface area contributed by atoms with Crippen LogP contribution in [-0.2, 0) is 4.79 Å². The lowest BCUT2D eigenvalue weighted by Gasteiger charge is -2.10. The third-order valence-electron chi connectivity index (χ3n) is 2.46. The molecule has 1 aliphatic heterocycles. The van der Waals surface area contributed by atoms with Gasteiger partial charge in [0, 0.05) is 18.5 Å². The number of amides is 1. The first-order valence-electron chi connectivity index (χ1n) is 5.01. The SMILES string of the molecule is NC(=O)CCNC1COc2ccccc21. The van der Waals surface area contributed by atoms with Crippen LogP contribution < -0.4 is 15.8 Å². The average molecular weight is 206 g/mol. The largest absolute Gasteiger partial charge is 0.491 e. The predicted octanol–water partition coefficient (Wildman–Crippen LogP) is 0.585. The maximum absolute atomic E-state index is 10.6. The molecular formula is C11H14N2O2. The van der Waals surface area contributed by atoms with Gasteiger partial charge in [0.15, 0.2) is 0 Å². The van der Waals surface area contributed by atoms with E-state index in [2.05, 4.69) is 5.32 Å². The van der Waals surface area contributed by atoms with Crippen molar-refractivity contribution in [1.29, 1.82) is 0 Å². The number of para-hydroxylation sites is 1. The third-order valence-corrected chi connectivity index (χ3v) is 2.46. The van der Waals surface area contributed by atoms with Crippen LogP contribution in [0.4, 0.5) is 0 Å². The van der Waals surface area contributed by atoms with Gasteiger partial charge in [-0.05, 0) is 6.07 Å². The normalized spacial score (nSPS) is 18.3. The topological polar surface area (TPSA) is 64.4 Å². The summed E-state index contributed by atoms with van der Waals surface area (Å²) in [6.07, 6.45) is 0.360. The van der Waals surface area contributed by atoms with Crippen molar-refractivity contribution in [2.24, 2.45) is 5.73 Å². The fraction of sp³-hybridized carbons (Fsp3) is 0.364. The second kappa shape index (κ2) is 4.31. The number of ether oxygens (including phenoxy) is 1. The minimum absolute atomic E-state index is 0.181. The Hall–Kier alpha value is -1.55. The molecule has 0 aromatic heterocycles. The van der Waals surface area contributed by atoms with Crippen LogP contribution in [-0.4, -0.2) is 19.1 Å². The van der Waals surface area contributed by atoms with Crippen molar-refractivity contribution in [1.82, 2.24) is 5.32 Å². The van der Waals surface area contributed by atoms with Crippen molar-refractivity contribution >= 4 is 5.91 Å². The molecule has 0 saturated carbocycles. The van der Waals surface area contributed by atoms with Gasteiger partial charge in [0.1, 0.15) is 12.4 Å². The van der Waals surface area contributed by atoms with Gasteiger partial charge in [-0.3, -0.25) is 4.79 Å². The highest BCUT2D eigenvalue weighted by molar-refractivity contribution is 5.73. The zero-order chi connectivity index (χ0) is 10.7. The summed E-state index contributed by atoms with van der Waals surface area (Å²) in [7, 11) is 0. The van der Waals surface area contributed by atoms with Gasteiger partial charge in [-0.15, -0.1) is 0 Å². The van der Waals surface area contributed by atoms with Gasteiger partial charge in [0.25, 0.3) is 0 Å². The smallest absolute Gasteiger partial charge is 0.218 e. The Balaban J connectivity index is 1.93. The summed E-state index contributed by atoms with van der Waals surface area (Å²) in [4.78, 5) is 10.6. The molecule has 0 fully saturated rings. The minimum atomic E-state index is -0.283. The molecule has 1 aliphatic rings. The van der Waals surface area contributed by atoms with Crippen molar-refractivity contribution in [3.63, 3.8) is 0 Å². The molecule has 0 bridgehead atoms. The Kier molecular flexibility index (Phi) is 2.87. The van der Waals surface area contributed by atoms with Gasteiger partial charge in [-0.2, -0.15) is 0 Å². The van der Waals surface area contributed by atoms with Crippen LogP contribution in [0.1, 0.15) is 18.0 Å². The molecule has 80 valence electrons. The molecule has 3 N–H and O–H groups in total. The van der Waals surface area contributed by atoms with Crippen LogP contribution >= 0.6 is 0 Å². The van der Waals surface area contributed by atoms with Gasteiger partial charge in [-0.1, -0.05) is 18.2 Å². The standard InChI is InChI=1S/C11H14N2O2/c12-11(14)5-6-13-9-7-15-10-4-2-1-3-8(9)10/h1-4,9,13H,5-7H2,(H2,12,14). The van der Waals surface area contributed by atoms with Crippen molar-refractivity contribution in [2.45, 2.75) is 12.5 Å². The van der Waals surface area contributed by atoms with Crippen molar-refractivity contribution in [3.05, 3.63) is 29.8 Å². The summed E-state index contributed by atoms with van der Waals surface area (Å²) in [5, 5.41) is 3.24. The lowest BCUT2D eigenvalue weighted by molar-refractivity contribution is -0.117. The van der Waals surface area contributed by atoms with E-state index in [4.69, 9.17) is 10.5 Å². The second-order valence-corrected chi connectivity index (χ2v) is 3.57. The summed E-state index contributed by atoms with van der Waals surface area (Å²) >= 11 is 0. The van der Waals surface area contributed by atoms with Gasteiger partial charge in [-0.25, -0.2) is 0 Å². The molecule has 15 heavy (non-hydrogen) atoms. The Morgan fingerprint density at radius 3 is 3.13 bits per heavy atom. The zero-order valence-corrected chi connectivity index (χ0v) is 8.40. The summed E-state index contributed by atoms with van der Waals surface area (Å²) in [5.74, 6) is 0.642. The van der Waals surface area contributed by atoms with Crippen molar-refractivity contribution < 1.29 is 9.53 Å². The molecule has 1 unspecified atom stereocenters. The number of hydrogen-bond acceptors (Lipinski definition) is 3. The molecule has 1 aromatic carbocycles. The quantitative estimate of drug-likeness (QED) is 0.757. The first-order valence-corrected chi connectivity index (χ1v) is 5.01. The van der Waals surface area contributed by atoms with E-state index < -0.39 is 0 Å². The van der Waals surface area contributed by atoms with E-state index in [1.54, 1.807) is 0 Å². The molecule has 1 atom stereocenters. The Labute approximate surface area is 88.4 Å². The number of carbonyl (C=O) groups is 1. The number of nitrogens with one attached hydrogen (secondary N) is 1. The van der Waals surface area contributed by atoms with E-state index in [1.165, 1.54) is 0 Å². The van der Waals surface area contributed by atoms with E-state index in [0.717, 1.165) is 11.3 Å². The molecule has 1 aromatic rings. The zero-order valence-electron chi connectivity index (χ0n) is 8.40. The van der Waals surface area contributed by atoms with Crippen LogP contribution in [0, 0.1) is 0 Å². The van der Waals surface area contributed by atoms with E-state index in [0.29, 0.717) is 19.6 Å². The molecule has 1 heterocycles. The molecule has 1 amide bonds. The molecule has 0 spiro atoms. The highest BCUT2D eigenvalue weighted by Crippen LogP contribution is 2.31. The molecule has 4 heteroatoms. The average Bonchev–Trinajstić information content (AvgIpc) is 2.62. The summed E-state index contributed by atoms with van der Waals surface area (Å²) in [6.45, 7) is 1.22. The number of fused-ring (bicyclic) bond motifs is 1. The van der Waals surface area contributed by atoms with Crippen LogP contribution in [0.3, 0.4) is 0 Å². The first-order chi connectivity index (χ1) is 7.27. The molecule has 4 nitrogen and oxygen atoms in total.